The van der Waals surface area contributed by atoms with Gasteiger partial charge in [-0.1, -0.05) is 6.07 Å². The van der Waals surface area contributed by atoms with E-state index >= 15 is 0 Å². The molecule has 0 spiro atoms. The summed E-state index contributed by atoms with van der Waals surface area (Å²) in [5.41, 5.74) is 4.60. The normalized spacial score (nSPS) is 14.2. The zero-order valence-electron chi connectivity index (χ0n) is 24.0. The molecule has 0 saturated heterocycles. The average Bonchev–Trinajstić information content (AvgIpc) is 3.42. The molecular weight excluding hydrogens is 518 g/mol. The number of hydrogen-bond acceptors (Lipinski definition) is 8. The van der Waals surface area contributed by atoms with Gasteiger partial charge < -0.3 is 25.0 Å². The maximum atomic E-state index is 13.8. The number of benzene rings is 2. The van der Waals surface area contributed by atoms with Crippen LogP contribution in [-0.4, -0.2) is 52.5 Å². The highest BCUT2D eigenvalue weighted by Gasteiger charge is 2.35. The van der Waals surface area contributed by atoms with E-state index in [-0.39, 0.29) is 5.91 Å². The third-order valence-corrected chi connectivity index (χ3v) is 7.07. The highest BCUT2D eigenvalue weighted by molar-refractivity contribution is 6.06. The van der Waals surface area contributed by atoms with Gasteiger partial charge >= 0.3 is 0 Å². The lowest BCUT2D eigenvalue weighted by atomic mass is 9.94. The molecule has 2 N–H and O–H groups in total. The topological polar surface area (TPSA) is 106 Å². The summed E-state index contributed by atoms with van der Waals surface area (Å²) in [7, 11) is 1.60. The minimum Gasteiger partial charge on any atom is -0.493 e. The second-order valence-electron chi connectivity index (χ2n) is 9.53. The molecule has 2 aromatic heterocycles. The van der Waals surface area contributed by atoms with Crippen LogP contribution >= 0.6 is 0 Å². The van der Waals surface area contributed by atoms with E-state index in [2.05, 4.69) is 46.5 Å². The molecule has 1 atom stereocenters. The molecule has 0 radical (unpaired) electrons. The number of methoxy groups -OCH3 is 1. The Morgan fingerprint density at radius 2 is 1.85 bits per heavy atom. The molecule has 0 fully saturated rings. The van der Waals surface area contributed by atoms with Gasteiger partial charge in [-0.2, -0.15) is 4.98 Å². The van der Waals surface area contributed by atoms with E-state index in [1.54, 1.807) is 36.3 Å². The number of hydrogen-bond donors (Lipinski definition) is 2. The van der Waals surface area contributed by atoms with Crippen LogP contribution < -0.4 is 25.0 Å². The van der Waals surface area contributed by atoms with Gasteiger partial charge in [0.1, 0.15) is 6.04 Å². The standard InChI is InChI=1S/C31H35N7O3/c1-6-37(7-2)24-14-11-21(12-15-24)29-35-31-33-20(4)27(30(39)34-23-10-9-17-32-19-23)28(38(31)36-29)22-13-16-25(41-8-3)26(18-22)40-5/h9-19,28H,6-8H2,1-5H3,(H,34,39)(H,33,35,36). The molecule has 212 valence electrons. The van der Waals surface area contributed by atoms with Gasteiger partial charge in [0, 0.05) is 36.2 Å². The van der Waals surface area contributed by atoms with Crippen molar-refractivity contribution in [1.82, 2.24) is 19.7 Å². The smallest absolute Gasteiger partial charge is 0.255 e. The number of allylic oxidation sites excluding steroid dienone is 1. The monoisotopic (exact) mass is 553 g/mol. The second-order valence-corrected chi connectivity index (χ2v) is 9.53. The summed E-state index contributed by atoms with van der Waals surface area (Å²) in [4.78, 5) is 25.0. The SMILES string of the molecule is CCOc1ccc(C2C(C(=O)Nc3cccnc3)=C(C)Nc3nc(-c4ccc(N(CC)CC)cc4)nn32)cc1OC. The summed E-state index contributed by atoms with van der Waals surface area (Å²) in [6.07, 6.45) is 3.27. The number of fused-ring (bicyclic) bond motifs is 1. The number of amides is 1. The summed E-state index contributed by atoms with van der Waals surface area (Å²) >= 11 is 0. The van der Waals surface area contributed by atoms with Crippen LogP contribution in [0.4, 0.5) is 17.3 Å². The number of rotatable bonds is 10. The highest BCUT2D eigenvalue weighted by Crippen LogP contribution is 2.40. The summed E-state index contributed by atoms with van der Waals surface area (Å²) in [5.74, 6) is 2.03. The summed E-state index contributed by atoms with van der Waals surface area (Å²) in [5, 5.41) is 11.2. The first-order valence-corrected chi connectivity index (χ1v) is 13.8. The molecule has 5 rings (SSSR count). The van der Waals surface area contributed by atoms with Gasteiger partial charge in [-0.25, -0.2) is 4.68 Å². The van der Waals surface area contributed by atoms with E-state index in [0.717, 1.165) is 29.9 Å². The lowest BCUT2D eigenvalue weighted by molar-refractivity contribution is -0.113. The van der Waals surface area contributed by atoms with E-state index in [4.69, 9.17) is 19.6 Å². The predicted molar refractivity (Wildman–Crippen MR) is 161 cm³/mol. The zero-order chi connectivity index (χ0) is 28.9. The molecule has 10 nitrogen and oxygen atoms in total. The number of pyridine rings is 1. The van der Waals surface area contributed by atoms with Gasteiger partial charge in [0.05, 0.1) is 31.2 Å². The fraction of sp³-hybridized carbons (Fsp3) is 0.290. The molecule has 1 aliphatic heterocycles. The molecule has 3 heterocycles. The third-order valence-electron chi connectivity index (χ3n) is 7.07. The molecule has 4 aromatic rings. The van der Waals surface area contributed by atoms with Gasteiger partial charge in [0.15, 0.2) is 17.3 Å². The van der Waals surface area contributed by atoms with E-state index in [1.807, 2.05) is 44.2 Å². The highest BCUT2D eigenvalue weighted by atomic mass is 16.5. The molecule has 1 unspecified atom stereocenters. The van der Waals surface area contributed by atoms with E-state index in [1.165, 1.54) is 0 Å². The maximum absolute atomic E-state index is 13.8. The quantitative estimate of drug-likeness (QED) is 0.264. The van der Waals surface area contributed by atoms with Crippen molar-refractivity contribution in [2.45, 2.75) is 33.7 Å². The number of ether oxygens (including phenoxy) is 2. The van der Waals surface area contributed by atoms with Crippen LogP contribution in [0.2, 0.25) is 0 Å². The molecule has 41 heavy (non-hydrogen) atoms. The summed E-state index contributed by atoms with van der Waals surface area (Å²) in [6, 6.07) is 16.9. The van der Waals surface area contributed by atoms with Crippen LogP contribution in [0, 0.1) is 0 Å². The van der Waals surface area contributed by atoms with Crippen LogP contribution in [0.5, 0.6) is 11.5 Å². The van der Waals surface area contributed by atoms with Crippen LogP contribution in [0.25, 0.3) is 11.4 Å². The van der Waals surface area contributed by atoms with Gasteiger partial charge in [-0.05, 0) is 81.8 Å². The molecule has 0 saturated carbocycles. The van der Waals surface area contributed by atoms with Crippen molar-refractivity contribution in [1.29, 1.82) is 0 Å². The first-order chi connectivity index (χ1) is 20.0. The third kappa shape index (κ3) is 5.58. The Balaban J connectivity index is 1.58. The fourth-order valence-electron chi connectivity index (χ4n) is 5.05. The van der Waals surface area contributed by atoms with Crippen LogP contribution in [-0.2, 0) is 4.79 Å². The van der Waals surface area contributed by atoms with Crippen LogP contribution in [0.15, 0.2) is 78.3 Å². The van der Waals surface area contributed by atoms with Crippen molar-refractivity contribution in [2.75, 3.05) is 42.3 Å². The Morgan fingerprint density at radius 3 is 2.51 bits per heavy atom. The Hall–Kier alpha value is -4.86. The van der Waals surface area contributed by atoms with E-state index in [0.29, 0.717) is 46.8 Å². The number of carbonyl (C=O) groups is 1. The molecular formula is C31H35N7O3. The van der Waals surface area contributed by atoms with Crippen LogP contribution in [0.3, 0.4) is 0 Å². The molecule has 1 amide bonds. The second kappa shape index (κ2) is 12.1. The Morgan fingerprint density at radius 1 is 1.07 bits per heavy atom. The largest absolute Gasteiger partial charge is 0.493 e. The van der Waals surface area contributed by atoms with Crippen molar-refractivity contribution in [3.63, 3.8) is 0 Å². The van der Waals surface area contributed by atoms with Crippen molar-refractivity contribution in [3.05, 3.63) is 83.8 Å². The first kappa shape index (κ1) is 27.7. The van der Waals surface area contributed by atoms with E-state index < -0.39 is 6.04 Å². The number of aromatic nitrogens is 4. The predicted octanol–water partition coefficient (Wildman–Crippen LogP) is 5.52. The van der Waals surface area contributed by atoms with Gasteiger partial charge in [-0.3, -0.25) is 9.78 Å². The molecule has 1 aliphatic rings. The molecule has 0 bridgehead atoms. The summed E-state index contributed by atoms with van der Waals surface area (Å²) < 4.78 is 13.1. The fourth-order valence-corrected chi connectivity index (χ4v) is 5.05. The first-order valence-electron chi connectivity index (χ1n) is 13.8. The van der Waals surface area contributed by atoms with Gasteiger partial charge in [-0.15, -0.1) is 5.10 Å². The minimum absolute atomic E-state index is 0.271. The Bertz CT molecular complexity index is 1540. The van der Waals surface area contributed by atoms with Crippen LogP contribution in [0.1, 0.15) is 39.3 Å². The van der Waals surface area contributed by atoms with Crippen molar-refractivity contribution < 1.29 is 14.3 Å². The number of anilines is 3. The summed E-state index contributed by atoms with van der Waals surface area (Å²) in [6.45, 7) is 10.4. The molecule has 10 heteroatoms. The van der Waals surface area contributed by atoms with Crippen molar-refractivity contribution in [3.8, 4) is 22.9 Å². The lowest BCUT2D eigenvalue weighted by Crippen LogP contribution is -2.31. The number of nitrogens with one attached hydrogen (secondary N) is 2. The Kier molecular flexibility index (Phi) is 8.19. The average molecular weight is 554 g/mol. The van der Waals surface area contributed by atoms with Crippen molar-refractivity contribution in [2.24, 2.45) is 0 Å². The lowest BCUT2D eigenvalue weighted by Gasteiger charge is -2.29. The Labute approximate surface area is 240 Å². The number of nitrogens with zero attached hydrogens (tertiary/aromatic N) is 5. The minimum atomic E-state index is -0.580. The van der Waals surface area contributed by atoms with Gasteiger partial charge in [0.2, 0.25) is 5.95 Å². The zero-order valence-corrected chi connectivity index (χ0v) is 24.0. The van der Waals surface area contributed by atoms with Gasteiger partial charge in [0.25, 0.3) is 5.91 Å². The van der Waals surface area contributed by atoms with E-state index in [9.17, 15) is 4.79 Å². The van der Waals surface area contributed by atoms with Crippen molar-refractivity contribution >= 4 is 23.2 Å². The molecule has 0 aliphatic carbocycles. The number of carbonyl (C=O) groups excluding carboxylic acids is 1. The maximum Gasteiger partial charge on any atom is 0.255 e. The molecule has 2 aromatic carbocycles.